The zero-order valence-corrected chi connectivity index (χ0v) is 21.0. The number of amides is 2. The molecular weight excluding hydrogens is 472 g/mol. The Morgan fingerprint density at radius 2 is 1.88 bits per heavy atom. The van der Waals surface area contributed by atoms with E-state index in [-0.39, 0.29) is 18.4 Å². The fourth-order valence-corrected chi connectivity index (χ4v) is 4.94. The largest absolute Gasteiger partial charge is 0.493 e. The van der Waals surface area contributed by atoms with Gasteiger partial charge in [-0.25, -0.2) is 0 Å². The van der Waals surface area contributed by atoms with Crippen molar-refractivity contribution in [1.82, 2.24) is 4.90 Å². The monoisotopic (exact) mass is 498 g/mol. The molecule has 0 unspecified atom stereocenters. The molecule has 2 aromatic rings. The second-order valence-corrected chi connectivity index (χ2v) is 9.65. The summed E-state index contributed by atoms with van der Waals surface area (Å²) in [6.45, 7) is 6.18. The van der Waals surface area contributed by atoms with Crippen LogP contribution in [-0.4, -0.2) is 61.1 Å². The Labute approximate surface area is 208 Å². The lowest BCUT2D eigenvalue weighted by Crippen LogP contribution is -2.43. The lowest BCUT2D eigenvalue weighted by Gasteiger charge is -2.26. The van der Waals surface area contributed by atoms with Crippen molar-refractivity contribution in [3.63, 3.8) is 0 Å². The Bertz CT molecular complexity index is 1160. The molecule has 0 N–H and O–H groups in total. The number of methoxy groups -OCH3 is 1. The van der Waals surface area contributed by atoms with Crippen molar-refractivity contribution >= 4 is 51.9 Å². The molecule has 2 fully saturated rings. The van der Waals surface area contributed by atoms with Gasteiger partial charge in [0.25, 0.3) is 11.8 Å². The van der Waals surface area contributed by atoms with E-state index in [1.54, 1.807) is 28.0 Å². The van der Waals surface area contributed by atoms with Crippen LogP contribution in [0.3, 0.4) is 0 Å². The first kappa shape index (κ1) is 24.3. The summed E-state index contributed by atoms with van der Waals surface area (Å²) < 4.78 is 17.0. The fourth-order valence-electron chi connectivity index (χ4n) is 3.64. The van der Waals surface area contributed by atoms with E-state index in [2.05, 4.69) is 0 Å². The van der Waals surface area contributed by atoms with Gasteiger partial charge in [-0.2, -0.15) is 0 Å². The highest BCUT2D eigenvalue weighted by Gasteiger charge is 2.33. The number of aryl methyl sites for hydroxylation is 2. The van der Waals surface area contributed by atoms with Gasteiger partial charge in [-0.05, 0) is 60.9 Å². The molecule has 0 radical (unpaired) electrons. The molecule has 34 heavy (non-hydrogen) atoms. The quantitative estimate of drug-likeness (QED) is 0.441. The highest BCUT2D eigenvalue weighted by atomic mass is 32.2. The van der Waals surface area contributed by atoms with Crippen LogP contribution in [0.25, 0.3) is 6.08 Å². The molecule has 0 aromatic heterocycles. The minimum absolute atomic E-state index is 0.0790. The van der Waals surface area contributed by atoms with Crippen LogP contribution in [0.1, 0.15) is 16.7 Å². The van der Waals surface area contributed by atoms with Gasteiger partial charge >= 0.3 is 0 Å². The molecule has 0 saturated carbocycles. The SMILES string of the molecule is COc1cc(/C=C2\SC(=S)N(c3ccc(C)c(C)c3)C2=O)ccc1OCC(=O)N1CCOCC1. The summed E-state index contributed by atoms with van der Waals surface area (Å²) in [5.74, 6) is 0.690. The molecular formula is C25H26N2O5S2. The minimum Gasteiger partial charge on any atom is -0.493 e. The number of rotatable bonds is 6. The number of carbonyl (C=O) groups excluding carboxylic acids is 2. The molecule has 0 bridgehead atoms. The third kappa shape index (κ3) is 5.27. The number of thioether (sulfide) groups is 1. The summed E-state index contributed by atoms with van der Waals surface area (Å²) in [6, 6.07) is 11.2. The molecule has 0 aliphatic carbocycles. The Balaban J connectivity index is 1.48. The molecule has 2 aromatic carbocycles. The average Bonchev–Trinajstić information content (AvgIpc) is 3.12. The number of thiocarbonyl (C=S) groups is 1. The number of hydrogen-bond donors (Lipinski definition) is 0. The van der Waals surface area contributed by atoms with Crippen LogP contribution in [0.4, 0.5) is 5.69 Å². The molecule has 9 heteroatoms. The first-order chi connectivity index (χ1) is 16.4. The first-order valence-electron chi connectivity index (χ1n) is 10.9. The summed E-state index contributed by atoms with van der Waals surface area (Å²) in [5, 5.41) is 0. The van der Waals surface area contributed by atoms with E-state index in [1.807, 2.05) is 38.1 Å². The molecule has 7 nitrogen and oxygen atoms in total. The summed E-state index contributed by atoms with van der Waals surface area (Å²) in [7, 11) is 1.54. The van der Waals surface area contributed by atoms with Crippen molar-refractivity contribution < 1.29 is 23.8 Å². The average molecular weight is 499 g/mol. The van der Waals surface area contributed by atoms with E-state index in [0.717, 1.165) is 22.4 Å². The Kier molecular flexibility index (Phi) is 7.55. The maximum Gasteiger partial charge on any atom is 0.270 e. The summed E-state index contributed by atoms with van der Waals surface area (Å²) in [5.41, 5.74) is 3.79. The highest BCUT2D eigenvalue weighted by molar-refractivity contribution is 8.27. The van der Waals surface area contributed by atoms with Gasteiger partial charge in [0.2, 0.25) is 0 Å². The Morgan fingerprint density at radius 3 is 2.59 bits per heavy atom. The molecule has 2 amide bonds. The van der Waals surface area contributed by atoms with Gasteiger partial charge < -0.3 is 19.1 Å². The molecule has 4 rings (SSSR count). The maximum atomic E-state index is 13.1. The number of benzene rings is 2. The number of hydrogen-bond acceptors (Lipinski definition) is 7. The van der Waals surface area contributed by atoms with Gasteiger partial charge in [-0.1, -0.05) is 36.1 Å². The molecule has 2 heterocycles. The van der Waals surface area contributed by atoms with Gasteiger partial charge in [0, 0.05) is 13.1 Å². The maximum absolute atomic E-state index is 13.1. The number of ether oxygens (including phenoxy) is 3. The van der Waals surface area contributed by atoms with Crippen molar-refractivity contribution in [3.8, 4) is 11.5 Å². The number of anilines is 1. The van der Waals surface area contributed by atoms with Gasteiger partial charge in [0.15, 0.2) is 22.4 Å². The predicted molar refractivity (Wildman–Crippen MR) is 137 cm³/mol. The van der Waals surface area contributed by atoms with E-state index in [4.69, 9.17) is 26.4 Å². The summed E-state index contributed by atoms with van der Waals surface area (Å²) >= 11 is 6.76. The number of carbonyl (C=O) groups is 2. The van der Waals surface area contributed by atoms with E-state index in [1.165, 1.54) is 18.9 Å². The fraction of sp³-hybridized carbons (Fsp3) is 0.320. The van der Waals surface area contributed by atoms with Crippen LogP contribution < -0.4 is 14.4 Å². The Hall–Kier alpha value is -2.88. The lowest BCUT2D eigenvalue weighted by atomic mass is 10.1. The van der Waals surface area contributed by atoms with Crippen LogP contribution in [0.15, 0.2) is 41.3 Å². The third-order valence-corrected chi connectivity index (χ3v) is 7.04. The van der Waals surface area contributed by atoms with Crippen LogP contribution in [0.2, 0.25) is 0 Å². The topological polar surface area (TPSA) is 68.3 Å². The number of morpholine rings is 1. The van der Waals surface area contributed by atoms with Gasteiger partial charge in [0.05, 0.1) is 30.9 Å². The van der Waals surface area contributed by atoms with Crippen molar-refractivity contribution in [1.29, 1.82) is 0 Å². The number of nitrogens with zero attached hydrogens (tertiary/aromatic N) is 2. The second kappa shape index (κ2) is 10.6. The van der Waals surface area contributed by atoms with Crippen LogP contribution >= 0.6 is 24.0 Å². The summed E-state index contributed by atoms with van der Waals surface area (Å²) in [6.07, 6.45) is 1.78. The molecule has 2 aliphatic rings. The van der Waals surface area contributed by atoms with Crippen molar-refractivity contribution in [2.75, 3.05) is 44.9 Å². The van der Waals surface area contributed by atoms with Gasteiger partial charge in [-0.15, -0.1) is 0 Å². The molecule has 0 atom stereocenters. The highest BCUT2D eigenvalue weighted by Crippen LogP contribution is 2.37. The van der Waals surface area contributed by atoms with Crippen LogP contribution in [-0.2, 0) is 14.3 Å². The van der Waals surface area contributed by atoms with Gasteiger partial charge in [0.1, 0.15) is 0 Å². The normalized spacial score (nSPS) is 17.4. The van der Waals surface area contributed by atoms with Crippen LogP contribution in [0, 0.1) is 13.8 Å². The van der Waals surface area contributed by atoms with E-state index in [0.29, 0.717) is 47.0 Å². The second-order valence-electron chi connectivity index (χ2n) is 7.98. The first-order valence-corrected chi connectivity index (χ1v) is 12.1. The minimum atomic E-state index is -0.159. The van der Waals surface area contributed by atoms with E-state index in [9.17, 15) is 9.59 Å². The van der Waals surface area contributed by atoms with Crippen LogP contribution in [0.5, 0.6) is 11.5 Å². The molecule has 0 spiro atoms. The molecule has 2 aliphatic heterocycles. The Morgan fingerprint density at radius 1 is 1.12 bits per heavy atom. The third-order valence-electron chi connectivity index (χ3n) is 5.74. The summed E-state index contributed by atoms with van der Waals surface area (Å²) in [4.78, 5) is 29.3. The molecule has 2 saturated heterocycles. The van der Waals surface area contributed by atoms with Gasteiger partial charge in [-0.3, -0.25) is 14.5 Å². The zero-order valence-electron chi connectivity index (χ0n) is 19.3. The van der Waals surface area contributed by atoms with E-state index < -0.39 is 0 Å². The van der Waals surface area contributed by atoms with Crippen molar-refractivity contribution in [2.45, 2.75) is 13.8 Å². The lowest BCUT2D eigenvalue weighted by molar-refractivity contribution is -0.137. The smallest absolute Gasteiger partial charge is 0.270 e. The van der Waals surface area contributed by atoms with E-state index >= 15 is 0 Å². The predicted octanol–water partition coefficient (Wildman–Crippen LogP) is 3.96. The zero-order chi connectivity index (χ0) is 24.2. The van der Waals surface area contributed by atoms with Crippen molar-refractivity contribution in [3.05, 3.63) is 58.0 Å². The standard InChI is InChI=1S/C25H26N2O5S2/c1-16-4-6-19(12-17(16)2)27-24(29)22(34-25(27)33)14-18-5-7-20(21(13-18)30-3)32-15-23(28)26-8-10-31-11-9-26/h4-7,12-14H,8-11,15H2,1-3H3/b22-14-. The van der Waals surface area contributed by atoms with Crippen molar-refractivity contribution in [2.24, 2.45) is 0 Å². The molecule has 178 valence electrons.